The summed E-state index contributed by atoms with van der Waals surface area (Å²) in [6, 6.07) is 6.86. The van der Waals surface area contributed by atoms with Gasteiger partial charge in [0.25, 0.3) is 0 Å². The number of hydrogen-bond acceptors (Lipinski definition) is 8. The van der Waals surface area contributed by atoms with Gasteiger partial charge in [0.05, 0.1) is 35.1 Å². The molecule has 0 unspecified atom stereocenters. The van der Waals surface area contributed by atoms with E-state index in [0.717, 1.165) is 12.1 Å². The summed E-state index contributed by atoms with van der Waals surface area (Å²) in [7, 11) is 3.78. The van der Waals surface area contributed by atoms with Crippen LogP contribution in [-0.2, 0) is 9.53 Å². The number of halogens is 4. The van der Waals surface area contributed by atoms with Crippen LogP contribution in [0.3, 0.4) is 0 Å². The number of rotatable bonds is 9. The van der Waals surface area contributed by atoms with E-state index in [0.29, 0.717) is 60.0 Å². The fourth-order valence-electron chi connectivity index (χ4n) is 3.63. The summed E-state index contributed by atoms with van der Waals surface area (Å²) < 4.78 is 53.0. The molecule has 13 heteroatoms. The SMILES string of the molecule is CN(C)C/C=C/C(=O)Nc1cc2c(Nc3ccc(OC(F)(F)F)cc3Cl)ncnc2cc1O[C@@H]1CCOC1. The highest BCUT2D eigenvalue weighted by Gasteiger charge is 2.31. The Balaban J connectivity index is 1.65. The van der Waals surface area contributed by atoms with Gasteiger partial charge in [0.1, 0.15) is 29.7 Å². The highest BCUT2D eigenvalue weighted by Crippen LogP contribution is 2.36. The lowest BCUT2D eigenvalue weighted by Gasteiger charge is -2.18. The first-order valence-corrected chi connectivity index (χ1v) is 11.9. The van der Waals surface area contributed by atoms with Gasteiger partial charge in [-0.1, -0.05) is 17.7 Å². The number of nitrogens with zero attached hydrogens (tertiary/aromatic N) is 3. The Morgan fingerprint density at radius 3 is 2.74 bits per heavy atom. The maximum atomic E-state index is 12.6. The van der Waals surface area contributed by atoms with Crippen LogP contribution in [0.1, 0.15) is 6.42 Å². The number of amides is 1. The first-order valence-electron chi connectivity index (χ1n) is 11.5. The second-order valence-corrected chi connectivity index (χ2v) is 9.07. The first-order chi connectivity index (χ1) is 18.1. The molecule has 0 aliphatic carbocycles. The molecule has 2 heterocycles. The van der Waals surface area contributed by atoms with Gasteiger partial charge in [-0.25, -0.2) is 9.97 Å². The molecule has 38 heavy (non-hydrogen) atoms. The van der Waals surface area contributed by atoms with Gasteiger partial charge < -0.3 is 29.7 Å². The Bertz CT molecular complexity index is 1330. The van der Waals surface area contributed by atoms with E-state index >= 15 is 0 Å². The van der Waals surface area contributed by atoms with Crippen molar-refractivity contribution in [1.82, 2.24) is 14.9 Å². The van der Waals surface area contributed by atoms with E-state index in [1.165, 1.54) is 18.5 Å². The minimum absolute atomic E-state index is 0.0146. The second-order valence-electron chi connectivity index (χ2n) is 8.66. The highest BCUT2D eigenvalue weighted by molar-refractivity contribution is 6.33. The molecular formula is C25H25ClF3N5O4. The van der Waals surface area contributed by atoms with E-state index in [9.17, 15) is 18.0 Å². The lowest BCUT2D eigenvalue weighted by Crippen LogP contribution is -2.18. The number of carbonyl (C=O) groups is 1. The number of likely N-dealkylation sites (N-methyl/N-ethyl adjacent to an activating group) is 1. The average molecular weight is 552 g/mol. The molecular weight excluding hydrogens is 527 g/mol. The molecule has 1 saturated heterocycles. The van der Waals surface area contributed by atoms with E-state index in [-0.39, 0.29) is 17.0 Å². The Morgan fingerprint density at radius 2 is 2.05 bits per heavy atom. The van der Waals surface area contributed by atoms with Gasteiger partial charge in [0.15, 0.2) is 0 Å². The fraction of sp³-hybridized carbons (Fsp3) is 0.320. The predicted octanol–water partition coefficient (Wildman–Crippen LogP) is 5.15. The molecule has 202 valence electrons. The van der Waals surface area contributed by atoms with E-state index < -0.39 is 12.1 Å². The van der Waals surface area contributed by atoms with Crippen molar-refractivity contribution < 1.29 is 32.2 Å². The molecule has 1 aromatic heterocycles. The summed E-state index contributed by atoms with van der Waals surface area (Å²) in [5.41, 5.74) is 1.19. The van der Waals surface area contributed by atoms with Gasteiger partial charge >= 0.3 is 6.36 Å². The number of hydrogen-bond donors (Lipinski definition) is 2. The molecule has 2 N–H and O–H groups in total. The van der Waals surface area contributed by atoms with Crippen molar-refractivity contribution in [2.75, 3.05) is 44.5 Å². The van der Waals surface area contributed by atoms with Crippen molar-refractivity contribution in [2.24, 2.45) is 0 Å². The van der Waals surface area contributed by atoms with E-state index in [2.05, 4.69) is 25.3 Å². The summed E-state index contributed by atoms with van der Waals surface area (Å²) in [6.45, 7) is 1.59. The molecule has 1 aliphatic heterocycles. The van der Waals surface area contributed by atoms with Gasteiger partial charge in [-0.05, 0) is 32.3 Å². The summed E-state index contributed by atoms with van der Waals surface area (Å²) in [6.07, 6.45) is 0.169. The Morgan fingerprint density at radius 1 is 1.24 bits per heavy atom. The second kappa shape index (κ2) is 11.8. The van der Waals surface area contributed by atoms with E-state index in [1.807, 2.05) is 19.0 Å². The zero-order valence-electron chi connectivity index (χ0n) is 20.5. The van der Waals surface area contributed by atoms with Gasteiger partial charge in [0.2, 0.25) is 5.91 Å². The molecule has 2 aromatic carbocycles. The van der Waals surface area contributed by atoms with Crippen LogP contribution in [-0.4, -0.2) is 67.1 Å². The monoisotopic (exact) mass is 551 g/mol. The van der Waals surface area contributed by atoms with E-state index in [4.69, 9.17) is 21.1 Å². The molecule has 1 fully saturated rings. The van der Waals surface area contributed by atoms with Crippen LogP contribution in [0.2, 0.25) is 5.02 Å². The number of benzene rings is 2. The number of carbonyl (C=O) groups excluding carboxylic acids is 1. The number of ether oxygens (including phenoxy) is 3. The Labute approximate surface area is 221 Å². The summed E-state index contributed by atoms with van der Waals surface area (Å²) >= 11 is 6.20. The topological polar surface area (TPSA) is 97.8 Å². The largest absolute Gasteiger partial charge is 0.573 e. The minimum Gasteiger partial charge on any atom is -0.486 e. The number of nitrogens with one attached hydrogen (secondary N) is 2. The molecule has 3 aromatic rings. The number of aromatic nitrogens is 2. The quantitative estimate of drug-likeness (QED) is 0.352. The Hall–Kier alpha value is -3.61. The van der Waals surface area contributed by atoms with Crippen LogP contribution < -0.4 is 20.1 Å². The molecule has 0 radical (unpaired) electrons. The normalized spacial score (nSPS) is 15.8. The van der Waals surface area contributed by atoms with Crippen molar-refractivity contribution in [2.45, 2.75) is 18.9 Å². The van der Waals surface area contributed by atoms with Crippen LogP contribution in [0, 0.1) is 0 Å². The summed E-state index contributed by atoms with van der Waals surface area (Å²) in [4.78, 5) is 23.1. The predicted molar refractivity (Wildman–Crippen MR) is 137 cm³/mol. The third-order valence-corrected chi connectivity index (χ3v) is 5.66. The minimum atomic E-state index is -4.84. The molecule has 4 rings (SSSR count). The molecule has 0 bridgehead atoms. The number of fused-ring (bicyclic) bond motifs is 1. The van der Waals surface area contributed by atoms with Gasteiger partial charge in [-0.15, -0.1) is 13.2 Å². The first kappa shape index (κ1) is 27.4. The summed E-state index contributed by atoms with van der Waals surface area (Å²) in [5.74, 6) is -0.0755. The number of anilines is 3. The zero-order chi connectivity index (χ0) is 27.3. The smallest absolute Gasteiger partial charge is 0.486 e. The zero-order valence-corrected chi connectivity index (χ0v) is 21.3. The molecule has 1 aliphatic rings. The van der Waals surface area contributed by atoms with Crippen LogP contribution in [0.4, 0.5) is 30.4 Å². The van der Waals surface area contributed by atoms with Crippen molar-refractivity contribution >= 4 is 45.6 Å². The van der Waals surface area contributed by atoms with Gasteiger partial charge in [-0.3, -0.25) is 4.79 Å². The third kappa shape index (κ3) is 7.46. The maximum absolute atomic E-state index is 12.6. The molecule has 1 atom stereocenters. The Kier molecular flexibility index (Phi) is 8.55. The van der Waals surface area contributed by atoms with Crippen molar-refractivity contribution in [3.05, 3.63) is 53.8 Å². The van der Waals surface area contributed by atoms with E-state index in [1.54, 1.807) is 18.2 Å². The van der Waals surface area contributed by atoms with Gasteiger partial charge in [0, 0.05) is 36.6 Å². The fourth-order valence-corrected chi connectivity index (χ4v) is 3.85. The lowest BCUT2D eigenvalue weighted by atomic mass is 10.1. The van der Waals surface area contributed by atoms with Crippen LogP contribution in [0.5, 0.6) is 11.5 Å². The van der Waals surface area contributed by atoms with Crippen molar-refractivity contribution in [3.63, 3.8) is 0 Å². The molecule has 1 amide bonds. The molecule has 9 nitrogen and oxygen atoms in total. The summed E-state index contributed by atoms with van der Waals surface area (Å²) in [5, 5.41) is 6.35. The third-order valence-electron chi connectivity index (χ3n) is 5.34. The van der Waals surface area contributed by atoms with Gasteiger partial charge in [-0.2, -0.15) is 0 Å². The molecule has 0 spiro atoms. The lowest BCUT2D eigenvalue weighted by molar-refractivity contribution is -0.274. The van der Waals surface area contributed by atoms with Crippen LogP contribution in [0.15, 0.2) is 48.8 Å². The molecule has 0 saturated carbocycles. The van der Waals surface area contributed by atoms with Crippen molar-refractivity contribution in [1.29, 1.82) is 0 Å². The maximum Gasteiger partial charge on any atom is 0.573 e. The number of alkyl halides is 3. The standard InChI is InChI=1S/C25H25ClF3N5O4/c1-34(2)8-3-4-23(35)32-21-11-17-20(12-22(21)37-16-7-9-36-13-16)30-14-31-24(17)33-19-6-5-15(10-18(19)26)38-25(27,28)29/h3-6,10-12,14,16H,7-9,13H2,1-2H3,(H,32,35)(H,30,31,33)/b4-3+/t16-/m1/s1. The van der Waals surface area contributed by atoms with Crippen molar-refractivity contribution in [3.8, 4) is 11.5 Å². The highest BCUT2D eigenvalue weighted by atomic mass is 35.5. The van der Waals surface area contributed by atoms with Crippen LogP contribution in [0.25, 0.3) is 10.9 Å². The van der Waals surface area contributed by atoms with Crippen LogP contribution >= 0.6 is 11.6 Å². The average Bonchev–Trinajstić information content (AvgIpc) is 3.33.